The van der Waals surface area contributed by atoms with Gasteiger partial charge in [-0.2, -0.15) is 0 Å². The summed E-state index contributed by atoms with van der Waals surface area (Å²) in [5.74, 6) is 0.658. The number of nitrogens with zero attached hydrogens (tertiary/aromatic N) is 2. The minimum atomic E-state index is -0.652. The number of H-pyrrole nitrogens is 1. The summed E-state index contributed by atoms with van der Waals surface area (Å²) in [4.78, 5) is 12.0. The molecule has 2 N–H and O–H groups in total. The van der Waals surface area contributed by atoms with Crippen LogP contribution in [0.3, 0.4) is 0 Å². The van der Waals surface area contributed by atoms with Crippen LogP contribution in [0.5, 0.6) is 11.6 Å². The van der Waals surface area contributed by atoms with Crippen molar-refractivity contribution in [2.24, 2.45) is 0 Å². The number of hydrogen-bond donors (Lipinski definition) is 2. The molecule has 0 unspecified atom stereocenters. The smallest absolute Gasteiger partial charge is 0.193 e. The first kappa shape index (κ1) is 23.8. The molecule has 2 aliphatic rings. The second kappa shape index (κ2) is 10.1. The SMILES string of the molecule is COCCOc1ccc(-c2ccc(-c3nc4cc(O[C@@H]5CO[C@H]6[C@@H]5OC[C@H]6O)[nH]c4cc3F)cc2)nc1. The highest BCUT2D eigenvalue weighted by Gasteiger charge is 2.48. The molecule has 10 heteroatoms. The molecule has 2 fully saturated rings. The van der Waals surface area contributed by atoms with Gasteiger partial charge in [-0.15, -0.1) is 0 Å². The molecule has 0 bridgehead atoms. The van der Waals surface area contributed by atoms with E-state index < -0.39 is 11.9 Å². The highest BCUT2D eigenvalue weighted by atomic mass is 19.1. The van der Waals surface area contributed by atoms with E-state index in [0.717, 1.165) is 11.3 Å². The highest BCUT2D eigenvalue weighted by Crippen LogP contribution is 2.32. The summed E-state index contributed by atoms with van der Waals surface area (Å²) < 4.78 is 42.8. The Morgan fingerprint density at radius 3 is 2.62 bits per heavy atom. The van der Waals surface area contributed by atoms with Crippen LogP contribution in [0.25, 0.3) is 33.5 Å². The Morgan fingerprint density at radius 1 is 1.03 bits per heavy atom. The van der Waals surface area contributed by atoms with Crippen molar-refractivity contribution in [1.29, 1.82) is 0 Å². The number of aliphatic hydroxyl groups excluding tert-OH is 1. The molecule has 37 heavy (non-hydrogen) atoms. The van der Waals surface area contributed by atoms with Crippen molar-refractivity contribution in [2.45, 2.75) is 24.4 Å². The third-order valence-electron chi connectivity index (χ3n) is 6.54. The number of aromatic amines is 1. The predicted molar refractivity (Wildman–Crippen MR) is 132 cm³/mol. The Balaban J connectivity index is 1.18. The van der Waals surface area contributed by atoms with E-state index in [-0.39, 0.29) is 30.6 Å². The van der Waals surface area contributed by atoms with Crippen LogP contribution < -0.4 is 9.47 Å². The van der Waals surface area contributed by atoms with Crippen LogP contribution >= 0.6 is 0 Å². The molecule has 0 saturated carbocycles. The lowest BCUT2D eigenvalue weighted by molar-refractivity contribution is 0.00794. The molecule has 2 aliphatic heterocycles. The summed E-state index contributed by atoms with van der Waals surface area (Å²) in [5.41, 5.74) is 3.65. The highest BCUT2D eigenvalue weighted by molar-refractivity contribution is 5.81. The number of rotatable bonds is 8. The minimum Gasteiger partial charge on any atom is -0.490 e. The fourth-order valence-corrected chi connectivity index (χ4v) is 4.66. The number of aromatic nitrogens is 3. The van der Waals surface area contributed by atoms with E-state index in [0.29, 0.717) is 48.0 Å². The number of nitrogens with one attached hydrogen (secondary N) is 1. The number of hydrogen-bond acceptors (Lipinski definition) is 8. The van der Waals surface area contributed by atoms with Gasteiger partial charge in [0.05, 0.1) is 42.7 Å². The van der Waals surface area contributed by atoms with Crippen LogP contribution in [0.15, 0.2) is 54.7 Å². The second-order valence-corrected chi connectivity index (χ2v) is 9.00. The van der Waals surface area contributed by atoms with Crippen LogP contribution in [-0.2, 0) is 14.2 Å². The summed E-state index contributed by atoms with van der Waals surface area (Å²) in [5, 5.41) is 9.92. The molecule has 0 amide bonds. The molecule has 5 heterocycles. The van der Waals surface area contributed by atoms with Crippen molar-refractivity contribution in [3.63, 3.8) is 0 Å². The van der Waals surface area contributed by atoms with Gasteiger partial charge >= 0.3 is 0 Å². The van der Waals surface area contributed by atoms with Crippen LogP contribution in [0.2, 0.25) is 0 Å². The number of ether oxygens (including phenoxy) is 5. The first-order valence-electron chi connectivity index (χ1n) is 12.0. The first-order chi connectivity index (χ1) is 18.1. The molecular weight excluding hydrogens is 481 g/mol. The second-order valence-electron chi connectivity index (χ2n) is 9.00. The summed E-state index contributed by atoms with van der Waals surface area (Å²) in [6.07, 6.45) is -0.0813. The Hall–Kier alpha value is -3.57. The average Bonchev–Trinajstić information content (AvgIpc) is 3.61. The number of halogens is 1. The summed E-state index contributed by atoms with van der Waals surface area (Å²) >= 11 is 0. The summed E-state index contributed by atoms with van der Waals surface area (Å²) in [7, 11) is 1.62. The van der Waals surface area contributed by atoms with Crippen LogP contribution in [0, 0.1) is 5.82 Å². The fraction of sp³-hybridized carbons (Fsp3) is 0.333. The molecule has 6 rings (SSSR count). The summed E-state index contributed by atoms with van der Waals surface area (Å²) in [6, 6.07) is 14.3. The van der Waals surface area contributed by atoms with Crippen molar-refractivity contribution >= 4 is 11.0 Å². The zero-order valence-electron chi connectivity index (χ0n) is 20.1. The van der Waals surface area contributed by atoms with E-state index in [2.05, 4.69) is 15.0 Å². The Kier molecular flexibility index (Phi) is 6.47. The van der Waals surface area contributed by atoms with Gasteiger partial charge in [0.25, 0.3) is 0 Å². The van der Waals surface area contributed by atoms with Gasteiger partial charge in [0.2, 0.25) is 0 Å². The van der Waals surface area contributed by atoms with Gasteiger partial charge in [0.1, 0.15) is 36.4 Å². The Bertz CT molecular complexity index is 1380. The number of methoxy groups -OCH3 is 1. The molecule has 3 aromatic heterocycles. The van der Waals surface area contributed by atoms with Gasteiger partial charge in [-0.05, 0) is 12.1 Å². The van der Waals surface area contributed by atoms with Crippen LogP contribution in [-0.4, -0.2) is 78.0 Å². The number of benzene rings is 1. The molecule has 0 spiro atoms. The summed E-state index contributed by atoms with van der Waals surface area (Å²) in [6.45, 7) is 1.49. The van der Waals surface area contributed by atoms with Gasteiger partial charge in [0.15, 0.2) is 17.8 Å². The van der Waals surface area contributed by atoms with E-state index in [1.165, 1.54) is 6.07 Å². The molecule has 1 aromatic carbocycles. The van der Waals surface area contributed by atoms with E-state index in [4.69, 9.17) is 23.7 Å². The molecule has 2 saturated heterocycles. The monoisotopic (exact) mass is 507 g/mol. The third kappa shape index (κ3) is 4.76. The quantitative estimate of drug-likeness (QED) is 0.350. The standard InChI is InChI=1S/C27H26FN3O6/c1-33-8-9-34-17-6-7-19(29-12-17)15-2-4-16(5-3-15)25-18(28)10-20-21(31-25)11-24(30-20)37-23-14-36-26-22(32)13-35-27(23)26/h2-7,10-12,22-23,26-27,30,32H,8-9,13-14H2,1H3/t22-,23-,26-,27-/m1/s1. The van der Waals surface area contributed by atoms with E-state index >= 15 is 4.39 Å². The molecule has 4 atom stereocenters. The molecule has 9 nitrogen and oxygen atoms in total. The maximum atomic E-state index is 15.0. The molecular formula is C27H26FN3O6. The van der Waals surface area contributed by atoms with Gasteiger partial charge in [0, 0.05) is 30.4 Å². The average molecular weight is 508 g/mol. The van der Waals surface area contributed by atoms with Crippen molar-refractivity contribution in [3.8, 4) is 34.1 Å². The first-order valence-corrected chi connectivity index (χ1v) is 12.0. The van der Waals surface area contributed by atoms with Gasteiger partial charge in [-0.25, -0.2) is 9.37 Å². The van der Waals surface area contributed by atoms with Crippen molar-refractivity contribution in [3.05, 3.63) is 60.5 Å². The minimum absolute atomic E-state index is 0.224. The van der Waals surface area contributed by atoms with Gasteiger partial charge in [-0.1, -0.05) is 24.3 Å². The Morgan fingerprint density at radius 2 is 1.84 bits per heavy atom. The molecule has 0 radical (unpaired) electrons. The zero-order valence-corrected chi connectivity index (χ0v) is 20.1. The molecule has 192 valence electrons. The Labute approximate surface area is 212 Å². The van der Waals surface area contributed by atoms with Crippen molar-refractivity contribution < 1.29 is 33.2 Å². The normalized spacial score (nSPS) is 22.9. The zero-order chi connectivity index (χ0) is 25.4. The molecule has 0 aliphatic carbocycles. The van der Waals surface area contributed by atoms with E-state index in [9.17, 15) is 5.11 Å². The lowest BCUT2D eigenvalue weighted by Crippen LogP contribution is -2.34. The van der Waals surface area contributed by atoms with E-state index in [1.807, 2.05) is 36.4 Å². The third-order valence-corrected chi connectivity index (χ3v) is 6.54. The lowest BCUT2D eigenvalue weighted by Gasteiger charge is -2.16. The van der Waals surface area contributed by atoms with Crippen molar-refractivity contribution in [2.75, 3.05) is 33.5 Å². The van der Waals surface area contributed by atoms with Crippen LogP contribution in [0.1, 0.15) is 0 Å². The number of aliphatic hydroxyl groups is 1. The largest absolute Gasteiger partial charge is 0.490 e. The topological polar surface area (TPSA) is 108 Å². The van der Waals surface area contributed by atoms with E-state index in [1.54, 1.807) is 19.4 Å². The number of fused-ring (bicyclic) bond motifs is 2. The molecule has 4 aromatic rings. The predicted octanol–water partition coefficient (Wildman–Crippen LogP) is 3.36. The lowest BCUT2D eigenvalue weighted by atomic mass is 10.1. The fourth-order valence-electron chi connectivity index (χ4n) is 4.66. The van der Waals surface area contributed by atoms with Crippen LogP contribution in [0.4, 0.5) is 4.39 Å². The van der Waals surface area contributed by atoms with Gasteiger partial charge < -0.3 is 33.8 Å². The maximum absolute atomic E-state index is 15.0. The maximum Gasteiger partial charge on any atom is 0.193 e. The van der Waals surface area contributed by atoms with Crippen molar-refractivity contribution in [1.82, 2.24) is 15.0 Å². The number of pyridine rings is 2. The van der Waals surface area contributed by atoms with Gasteiger partial charge in [-0.3, -0.25) is 4.98 Å².